The lowest BCUT2D eigenvalue weighted by atomic mass is 10.1. The molecule has 0 aromatic heterocycles. The zero-order chi connectivity index (χ0) is 20.7. The molecule has 28 heavy (non-hydrogen) atoms. The molecular formula is C21H24N4O3. The highest BCUT2D eigenvalue weighted by Crippen LogP contribution is 2.23. The molecule has 2 N–H and O–H groups in total. The topological polar surface area (TPSA) is 94.5 Å². The summed E-state index contributed by atoms with van der Waals surface area (Å²) >= 11 is 0. The third kappa shape index (κ3) is 6.65. The average molecular weight is 380 g/mol. The molecule has 0 heterocycles. The number of urea groups is 1. The number of ether oxygens (including phenoxy) is 1. The SMILES string of the molecule is CN(CC(=O)NC(C)(C)C)C(=O)Nc1ccc(Oc2ccc(C#N)cc2)cc1. The third-order valence-corrected chi connectivity index (χ3v) is 3.57. The van der Waals surface area contributed by atoms with E-state index in [0.29, 0.717) is 22.7 Å². The van der Waals surface area contributed by atoms with E-state index in [1.54, 1.807) is 55.6 Å². The Hall–Kier alpha value is -3.53. The highest BCUT2D eigenvalue weighted by Gasteiger charge is 2.17. The van der Waals surface area contributed by atoms with Crippen LogP contribution in [0.15, 0.2) is 48.5 Å². The normalized spacial score (nSPS) is 10.5. The monoisotopic (exact) mass is 380 g/mol. The first-order valence-corrected chi connectivity index (χ1v) is 8.77. The average Bonchev–Trinajstić information content (AvgIpc) is 2.62. The van der Waals surface area contributed by atoms with Crippen LogP contribution in [0.3, 0.4) is 0 Å². The number of carbonyl (C=O) groups is 2. The molecule has 2 aromatic carbocycles. The fourth-order valence-corrected chi connectivity index (χ4v) is 2.30. The summed E-state index contributed by atoms with van der Waals surface area (Å²) in [4.78, 5) is 25.5. The first-order valence-electron chi connectivity index (χ1n) is 8.77. The standard InChI is InChI=1S/C21H24N4O3/c1-21(2,3)24-19(26)14-25(4)20(27)23-16-7-11-18(12-8-16)28-17-9-5-15(13-22)6-10-17/h5-12H,14H2,1-4H3,(H,23,27)(H,24,26). The number of nitrogens with zero attached hydrogens (tertiary/aromatic N) is 2. The Morgan fingerprint density at radius 3 is 2.07 bits per heavy atom. The quantitative estimate of drug-likeness (QED) is 0.826. The summed E-state index contributed by atoms with van der Waals surface area (Å²) in [5.74, 6) is 0.984. The van der Waals surface area contributed by atoms with E-state index in [9.17, 15) is 9.59 Å². The van der Waals surface area contributed by atoms with Gasteiger partial charge in [0, 0.05) is 18.3 Å². The number of carbonyl (C=O) groups excluding carboxylic acids is 2. The largest absolute Gasteiger partial charge is 0.457 e. The molecule has 0 bridgehead atoms. The minimum atomic E-state index is -0.384. The van der Waals surface area contributed by atoms with Crippen molar-refractivity contribution in [3.63, 3.8) is 0 Å². The van der Waals surface area contributed by atoms with Gasteiger partial charge in [0.25, 0.3) is 0 Å². The molecule has 2 aromatic rings. The molecule has 0 aliphatic carbocycles. The lowest BCUT2D eigenvalue weighted by Crippen LogP contribution is -2.47. The molecule has 0 saturated heterocycles. The van der Waals surface area contributed by atoms with Gasteiger partial charge >= 0.3 is 6.03 Å². The molecular weight excluding hydrogens is 356 g/mol. The second-order valence-electron chi connectivity index (χ2n) is 7.35. The van der Waals surface area contributed by atoms with Gasteiger partial charge in [0.05, 0.1) is 11.6 Å². The number of hydrogen-bond acceptors (Lipinski definition) is 4. The summed E-state index contributed by atoms with van der Waals surface area (Å²) in [6, 6.07) is 15.3. The Bertz CT molecular complexity index is 863. The van der Waals surface area contributed by atoms with E-state index in [0.717, 1.165) is 0 Å². The summed E-state index contributed by atoms with van der Waals surface area (Å²) in [6.45, 7) is 5.61. The van der Waals surface area contributed by atoms with E-state index in [1.807, 2.05) is 20.8 Å². The van der Waals surface area contributed by atoms with Gasteiger partial charge in [-0.2, -0.15) is 5.26 Å². The Morgan fingerprint density at radius 2 is 1.57 bits per heavy atom. The van der Waals surface area contributed by atoms with Crippen LogP contribution in [-0.4, -0.2) is 36.0 Å². The van der Waals surface area contributed by atoms with Gasteiger partial charge in [-0.25, -0.2) is 4.79 Å². The Morgan fingerprint density at radius 1 is 1.04 bits per heavy atom. The van der Waals surface area contributed by atoms with Gasteiger partial charge < -0.3 is 20.3 Å². The second kappa shape index (κ2) is 8.91. The van der Waals surface area contributed by atoms with Gasteiger partial charge in [0.2, 0.25) is 5.91 Å². The van der Waals surface area contributed by atoms with Gasteiger partial charge in [0.1, 0.15) is 18.0 Å². The number of rotatable bonds is 5. The van der Waals surface area contributed by atoms with Crippen molar-refractivity contribution in [3.8, 4) is 17.6 Å². The number of hydrogen-bond donors (Lipinski definition) is 2. The fraction of sp³-hybridized carbons (Fsp3) is 0.286. The molecule has 2 rings (SSSR count). The van der Waals surface area contributed by atoms with Crippen molar-refractivity contribution in [1.29, 1.82) is 5.26 Å². The zero-order valence-electron chi connectivity index (χ0n) is 16.4. The molecule has 7 nitrogen and oxygen atoms in total. The number of benzene rings is 2. The van der Waals surface area contributed by atoms with Crippen LogP contribution in [0.2, 0.25) is 0 Å². The first-order chi connectivity index (χ1) is 13.2. The van der Waals surface area contributed by atoms with Gasteiger partial charge in [0.15, 0.2) is 0 Å². The predicted octanol–water partition coefficient (Wildman–Crippen LogP) is 3.73. The Kier molecular flexibility index (Phi) is 6.61. The van der Waals surface area contributed by atoms with Crippen LogP contribution in [0, 0.1) is 11.3 Å². The summed E-state index contributed by atoms with van der Waals surface area (Å²) in [6.07, 6.45) is 0. The second-order valence-corrected chi connectivity index (χ2v) is 7.35. The van der Waals surface area contributed by atoms with Gasteiger partial charge in [-0.1, -0.05) is 0 Å². The summed E-state index contributed by atoms with van der Waals surface area (Å²) in [5, 5.41) is 14.3. The van der Waals surface area contributed by atoms with Crippen LogP contribution in [0.25, 0.3) is 0 Å². The number of nitriles is 1. The molecule has 0 aliphatic rings. The van der Waals surface area contributed by atoms with E-state index in [1.165, 1.54) is 4.90 Å². The van der Waals surface area contributed by atoms with Crippen molar-refractivity contribution < 1.29 is 14.3 Å². The van der Waals surface area contributed by atoms with Gasteiger partial charge in [-0.05, 0) is 69.3 Å². The summed E-state index contributed by atoms with van der Waals surface area (Å²) in [5.41, 5.74) is 0.796. The number of likely N-dealkylation sites (N-methyl/N-ethyl adjacent to an activating group) is 1. The zero-order valence-corrected chi connectivity index (χ0v) is 16.4. The minimum Gasteiger partial charge on any atom is -0.457 e. The maximum Gasteiger partial charge on any atom is 0.322 e. The Labute approximate surface area is 164 Å². The van der Waals surface area contributed by atoms with Crippen molar-refractivity contribution in [2.75, 3.05) is 18.9 Å². The maximum absolute atomic E-state index is 12.2. The third-order valence-electron chi connectivity index (χ3n) is 3.57. The molecule has 7 heteroatoms. The van der Waals surface area contributed by atoms with Crippen molar-refractivity contribution in [1.82, 2.24) is 10.2 Å². The maximum atomic E-state index is 12.2. The van der Waals surface area contributed by atoms with Crippen LogP contribution in [-0.2, 0) is 4.79 Å². The van der Waals surface area contributed by atoms with Crippen molar-refractivity contribution in [3.05, 3.63) is 54.1 Å². The minimum absolute atomic E-state index is 0.0387. The van der Waals surface area contributed by atoms with E-state index in [2.05, 4.69) is 16.7 Å². The van der Waals surface area contributed by atoms with E-state index < -0.39 is 0 Å². The molecule has 0 fully saturated rings. The molecule has 0 unspecified atom stereocenters. The lowest BCUT2D eigenvalue weighted by Gasteiger charge is -2.23. The number of amides is 3. The van der Waals surface area contributed by atoms with Crippen molar-refractivity contribution in [2.24, 2.45) is 0 Å². The molecule has 0 saturated carbocycles. The molecule has 0 radical (unpaired) electrons. The lowest BCUT2D eigenvalue weighted by molar-refractivity contribution is -0.122. The van der Waals surface area contributed by atoms with Crippen molar-refractivity contribution >= 4 is 17.6 Å². The fourth-order valence-electron chi connectivity index (χ4n) is 2.30. The highest BCUT2D eigenvalue weighted by atomic mass is 16.5. The predicted molar refractivity (Wildman–Crippen MR) is 107 cm³/mol. The van der Waals surface area contributed by atoms with Crippen molar-refractivity contribution in [2.45, 2.75) is 26.3 Å². The molecule has 3 amide bonds. The molecule has 0 spiro atoms. The summed E-state index contributed by atoms with van der Waals surface area (Å²) < 4.78 is 5.70. The number of nitrogens with one attached hydrogen (secondary N) is 2. The van der Waals surface area contributed by atoms with Crippen LogP contribution < -0.4 is 15.4 Å². The smallest absolute Gasteiger partial charge is 0.322 e. The summed E-state index contributed by atoms with van der Waals surface area (Å²) in [7, 11) is 1.56. The number of anilines is 1. The molecule has 146 valence electrons. The van der Waals surface area contributed by atoms with Crippen LogP contribution in [0.1, 0.15) is 26.3 Å². The van der Waals surface area contributed by atoms with E-state index in [4.69, 9.17) is 10.00 Å². The van der Waals surface area contributed by atoms with Crippen LogP contribution in [0.4, 0.5) is 10.5 Å². The van der Waals surface area contributed by atoms with Gasteiger partial charge in [-0.15, -0.1) is 0 Å². The molecule has 0 aliphatic heterocycles. The highest BCUT2D eigenvalue weighted by molar-refractivity contribution is 5.92. The van der Waals surface area contributed by atoms with E-state index >= 15 is 0 Å². The first kappa shape index (κ1) is 20.8. The Balaban J connectivity index is 1.89. The van der Waals surface area contributed by atoms with E-state index in [-0.39, 0.29) is 24.0 Å². The van der Waals surface area contributed by atoms with Gasteiger partial charge in [-0.3, -0.25) is 4.79 Å². The van der Waals surface area contributed by atoms with Crippen LogP contribution in [0.5, 0.6) is 11.5 Å². The van der Waals surface area contributed by atoms with Crippen LogP contribution >= 0.6 is 0 Å². The molecule has 0 atom stereocenters.